The lowest BCUT2D eigenvalue weighted by Crippen LogP contribution is -2.33. The lowest BCUT2D eigenvalue weighted by molar-refractivity contribution is -0.120. The molecule has 0 aliphatic carbocycles. The summed E-state index contributed by atoms with van der Waals surface area (Å²) < 4.78 is 35.5. The molecule has 1 aliphatic rings. The Morgan fingerprint density at radius 3 is 2.62 bits per heavy atom. The van der Waals surface area contributed by atoms with Crippen LogP contribution in [0.15, 0.2) is 23.1 Å². The molecule has 0 fully saturated rings. The van der Waals surface area contributed by atoms with E-state index in [4.69, 9.17) is 9.47 Å². The minimum Gasteiger partial charge on any atom is -0.486 e. The Hall–Kier alpha value is -1.80. The first-order chi connectivity index (χ1) is 11.5. The summed E-state index contributed by atoms with van der Waals surface area (Å²) >= 11 is 0. The van der Waals surface area contributed by atoms with Crippen molar-refractivity contribution in [1.82, 2.24) is 10.6 Å². The Morgan fingerprint density at radius 1 is 1.12 bits per heavy atom. The van der Waals surface area contributed by atoms with Gasteiger partial charge in [-0.05, 0) is 25.1 Å². The molecule has 7 nitrogen and oxygen atoms in total. The van der Waals surface area contributed by atoms with Gasteiger partial charge in [-0.15, -0.1) is 0 Å². The van der Waals surface area contributed by atoms with Crippen LogP contribution in [0.3, 0.4) is 0 Å². The molecule has 8 heteroatoms. The normalized spacial score (nSPS) is 13.5. The summed E-state index contributed by atoms with van der Waals surface area (Å²) in [6.07, 6.45) is 0.965. The molecule has 0 spiro atoms. The van der Waals surface area contributed by atoms with Gasteiger partial charge in [0.15, 0.2) is 21.3 Å². The first-order valence-electron chi connectivity index (χ1n) is 8.13. The third-order valence-electron chi connectivity index (χ3n) is 3.52. The lowest BCUT2D eigenvalue weighted by Gasteiger charge is -2.18. The zero-order valence-electron chi connectivity index (χ0n) is 13.8. The number of rotatable bonds is 9. The summed E-state index contributed by atoms with van der Waals surface area (Å²) in [5, 5.41) is 5.86. The van der Waals surface area contributed by atoms with Crippen molar-refractivity contribution in [3.05, 3.63) is 18.2 Å². The van der Waals surface area contributed by atoms with Gasteiger partial charge in [0.1, 0.15) is 13.2 Å². The Balaban J connectivity index is 1.84. The third-order valence-corrected chi connectivity index (χ3v) is 5.24. The third kappa shape index (κ3) is 5.38. The summed E-state index contributed by atoms with van der Waals surface area (Å²) in [6, 6.07) is 4.52. The van der Waals surface area contributed by atoms with Gasteiger partial charge in [0, 0.05) is 25.6 Å². The molecule has 0 atom stereocenters. The molecule has 1 aliphatic heterocycles. The van der Waals surface area contributed by atoms with E-state index in [0.717, 1.165) is 13.0 Å². The molecule has 0 saturated heterocycles. The van der Waals surface area contributed by atoms with Crippen LogP contribution in [0.4, 0.5) is 0 Å². The van der Waals surface area contributed by atoms with E-state index in [1.807, 2.05) is 0 Å². The number of sulfone groups is 1. The summed E-state index contributed by atoms with van der Waals surface area (Å²) in [5.74, 6) is 0.460. The molecule has 0 aromatic heterocycles. The Labute approximate surface area is 142 Å². The Kier molecular flexibility index (Phi) is 6.86. The van der Waals surface area contributed by atoms with E-state index in [9.17, 15) is 13.2 Å². The second-order valence-electron chi connectivity index (χ2n) is 5.47. The van der Waals surface area contributed by atoms with Gasteiger partial charge < -0.3 is 20.1 Å². The Morgan fingerprint density at radius 2 is 1.88 bits per heavy atom. The highest BCUT2D eigenvalue weighted by Gasteiger charge is 2.20. The zero-order valence-corrected chi connectivity index (χ0v) is 14.7. The van der Waals surface area contributed by atoms with Crippen molar-refractivity contribution < 1.29 is 22.7 Å². The van der Waals surface area contributed by atoms with Crippen LogP contribution in [0.1, 0.15) is 19.8 Å². The first-order valence-corrected chi connectivity index (χ1v) is 9.78. The number of nitrogens with one attached hydrogen (secondary N) is 2. The van der Waals surface area contributed by atoms with Crippen molar-refractivity contribution in [2.24, 2.45) is 0 Å². The smallest absolute Gasteiger partial charge is 0.221 e. The number of benzene rings is 1. The molecule has 24 heavy (non-hydrogen) atoms. The van der Waals surface area contributed by atoms with Crippen LogP contribution in [0.25, 0.3) is 0 Å². The molecular formula is C16H24N2O5S. The number of hydrogen-bond donors (Lipinski definition) is 2. The number of amides is 1. The summed E-state index contributed by atoms with van der Waals surface area (Å²) in [4.78, 5) is 11.9. The van der Waals surface area contributed by atoms with Gasteiger partial charge >= 0.3 is 0 Å². The second-order valence-corrected chi connectivity index (χ2v) is 7.58. The minimum atomic E-state index is -3.54. The fourth-order valence-corrected chi connectivity index (χ4v) is 3.49. The van der Waals surface area contributed by atoms with E-state index in [-0.39, 0.29) is 23.0 Å². The highest BCUT2D eigenvalue weighted by atomic mass is 32.2. The quantitative estimate of drug-likeness (QED) is 0.634. The average molecular weight is 356 g/mol. The van der Waals surface area contributed by atoms with E-state index < -0.39 is 9.84 Å². The number of fused-ring (bicyclic) bond motifs is 1. The van der Waals surface area contributed by atoms with Crippen LogP contribution in [0.2, 0.25) is 0 Å². The molecule has 1 amide bonds. The number of carbonyl (C=O) groups excluding carboxylic acids is 1. The number of ether oxygens (including phenoxy) is 2. The minimum absolute atomic E-state index is 0.0649. The molecule has 1 heterocycles. The van der Waals surface area contributed by atoms with Gasteiger partial charge in [-0.2, -0.15) is 0 Å². The maximum Gasteiger partial charge on any atom is 0.221 e. The van der Waals surface area contributed by atoms with Crippen molar-refractivity contribution >= 4 is 15.7 Å². The van der Waals surface area contributed by atoms with Crippen molar-refractivity contribution in [1.29, 1.82) is 0 Å². The van der Waals surface area contributed by atoms with E-state index in [1.54, 1.807) is 6.07 Å². The average Bonchev–Trinajstić information content (AvgIpc) is 2.59. The van der Waals surface area contributed by atoms with E-state index in [2.05, 4.69) is 17.6 Å². The van der Waals surface area contributed by atoms with Gasteiger partial charge in [-0.25, -0.2) is 8.42 Å². The maximum absolute atomic E-state index is 12.3. The van der Waals surface area contributed by atoms with Crippen LogP contribution < -0.4 is 20.1 Å². The van der Waals surface area contributed by atoms with Gasteiger partial charge in [0.05, 0.1) is 10.6 Å². The standard InChI is InChI=1S/C16H24N2O5S/c1-2-6-17-7-8-18-16(19)5-11-24(20,21)13-3-4-14-15(12-13)23-10-9-22-14/h3-4,12,17H,2,5-11H2,1H3,(H,18,19). The van der Waals surface area contributed by atoms with E-state index in [0.29, 0.717) is 37.8 Å². The van der Waals surface area contributed by atoms with E-state index in [1.165, 1.54) is 12.1 Å². The topological polar surface area (TPSA) is 93.7 Å². The monoisotopic (exact) mass is 356 g/mol. The van der Waals surface area contributed by atoms with Gasteiger partial charge in [-0.3, -0.25) is 4.79 Å². The highest BCUT2D eigenvalue weighted by Crippen LogP contribution is 2.32. The summed E-state index contributed by atoms with van der Waals surface area (Å²) in [7, 11) is -3.54. The van der Waals surface area contributed by atoms with Gasteiger partial charge in [0.2, 0.25) is 5.91 Å². The maximum atomic E-state index is 12.3. The molecule has 2 N–H and O–H groups in total. The predicted molar refractivity (Wildman–Crippen MR) is 90.3 cm³/mol. The van der Waals surface area contributed by atoms with Crippen molar-refractivity contribution in [2.45, 2.75) is 24.7 Å². The molecule has 1 aromatic rings. The van der Waals surface area contributed by atoms with Gasteiger partial charge in [-0.1, -0.05) is 6.92 Å². The summed E-state index contributed by atoms with van der Waals surface area (Å²) in [6.45, 7) is 4.97. The molecule has 0 saturated carbocycles. The summed E-state index contributed by atoms with van der Waals surface area (Å²) in [5.41, 5.74) is 0. The zero-order chi connectivity index (χ0) is 17.4. The van der Waals surface area contributed by atoms with Crippen molar-refractivity contribution in [3.8, 4) is 11.5 Å². The first kappa shape index (κ1) is 18.5. The van der Waals surface area contributed by atoms with Crippen molar-refractivity contribution in [2.75, 3.05) is 38.6 Å². The van der Waals surface area contributed by atoms with Crippen LogP contribution >= 0.6 is 0 Å². The second kappa shape index (κ2) is 8.89. The van der Waals surface area contributed by atoms with E-state index >= 15 is 0 Å². The molecular weight excluding hydrogens is 332 g/mol. The molecule has 0 unspecified atom stereocenters. The van der Waals surface area contributed by atoms with Crippen LogP contribution in [0.5, 0.6) is 11.5 Å². The van der Waals surface area contributed by atoms with Crippen molar-refractivity contribution in [3.63, 3.8) is 0 Å². The molecule has 0 radical (unpaired) electrons. The molecule has 1 aromatic carbocycles. The predicted octanol–water partition coefficient (Wildman–Crippen LogP) is 0.737. The lowest BCUT2D eigenvalue weighted by atomic mass is 10.3. The SMILES string of the molecule is CCCNCCNC(=O)CCS(=O)(=O)c1ccc2c(c1)OCCO2. The fourth-order valence-electron chi connectivity index (χ4n) is 2.24. The molecule has 0 bridgehead atoms. The number of hydrogen-bond acceptors (Lipinski definition) is 6. The van der Waals surface area contributed by atoms with Crippen LogP contribution in [-0.2, 0) is 14.6 Å². The van der Waals surface area contributed by atoms with Gasteiger partial charge in [0.25, 0.3) is 0 Å². The molecule has 134 valence electrons. The molecule has 2 rings (SSSR count). The van der Waals surface area contributed by atoms with Crippen LogP contribution in [0, 0.1) is 0 Å². The largest absolute Gasteiger partial charge is 0.486 e. The Bertz CT molecular complexity index is 660. The fraction of sp³-hybridized carbons (Fsp3) is 0.562. The number of carbonyl (C=O) groups is 1. The highest BCUT2D eigenvalue weighted by molar-refractivity contribution is 7.91. The van der Waals surface area contributed by atoms with Crippen LogP contribution in [-0.4, -0.2) is 52.9 Å².